The molecule has 0 bridgehead atoms. The second-order valence-electron chi connectivity index (χ2n) is 6.25. The Balaban J connectivity index is 1.33. The molecule has 0 fully saturated rings. The lowest BCUT2D eigenvalue weighted by Gasteiger charge is -2.18. The molecule has 0 spiro atoms. The smallest absolute Gasteiger partial charge is 0.327 e. The molecule has 0 amide bonds. The molecule has 1 aromatic heterocycles. The van der Waals surface area contributed by atoms with Gasteiger partial charge in [0.15, 0.2) is 12.0 Å². The van der Waals surface area contributed by atoms with Crippen molar-refractivity contribution in [2.24, 2.45) is 0 Å². The van der Waals surface area contributed by atoms with Gasteiger partial charge in [0.1, 0.15) is 17.8 Å². The van der Waals surface area contributed by atoms with Gasteiger partial charge in [-0.05, 0) is 25.0 Å². The molecule has 0 saturated carbocycles. The minimum absolute atomic E-state index is 0.162. The average Bonchev–Trinajstić information content (AvgIpc) is 2.71. The molecular formula is C21H19N3O4. The highest BCUT2D eigenvalue weighted by atomic mass is 16.7. The second kappa shape index (κ2) is 8.30. The predicted molar refractivity (Wildman–Crippen MR) is 103 cm³/mol. The number of phenolic OH excluding ortho intramolecular Hbond substituents is 1. The van der Waals surface area contributed by atoms with Crippen LogP contribution in [0.25, 0.3) is 0 Å². The molecule has 2 aromatic rings. The van der Waals surface area contributed by atoms with E-state index in [-0.39, 0.29) is 11.7 Å². The summed E-state index contributed by atoms with van der Waals surface area (Å²) in [7, 11) is 0. The Labute approximate surface area is 162 Å². The first-order valence-corrected chi connectivity index (χ1v) is 8.88. The van der Waals surface area contributed by atoms with Gasteiger partial charge in [-0.25, -0.2) is 9.97 Å². The van der Waals surface area contributed by atoms with Crippen LogP contribution in [0.1, 0.15) is 19.3 Å². The standard InChI is InChI=1S/C21H19N3O4/c25-17-8-4-7-16(10-17)24-21-22-11-19(12-23-21)28-20-14-26-13-18(27-20)9-15-5-2-1-3-6-15/h1-2,4-5,7-8,10-14,25H,3,6,9H2,(H,22,23,24). The van der Waals surface area contributed by atoms with Crippen LogP contribution in [0, 0.1) is 0 Å². The first kappa shape index (κ1) is 17.7. The number of rotatable bonds is 6. The molecule has 2 aliphatic rings. The van der Waals surface area contributed by atoms with Gasteiger partial charge < -0.3 is 24.6 Å². The highest BCUT2D eigenvalue weighted by Crippen LogP contribution is 2.26. The van der Waals surface area contributed by atoms with Gasteiger partial charge >= 0.3 is 5.95 Å². The Hall–Kier alpha value is -3.74. The summed E-state index contributed by atoms with van der Waals surface area (Å²) in [6.45, 7) is 0. The van der Waals surface area contributed by atoms with Crippen molar-refractivity contribution in [1.82, 2.24) is 9.97 Å². The minimum Gasteiger partial charge on any atom is -0.508 e. The second-order valence-corrected chi connectivity index (χ2v) is 6.25. The fourth-order valence-corrected chi connectivity index (χ4v) is 2.75. The molecule has 1 aliphatic carbocycles. The van der Waals surface area contributed by atoms with E-state index in [1.165, 1.54) is 24.2 Å². The third-order valence-corrected chi connectivity index (χ3v) is 4.05. The maximum atomic E-state index is 9.50. The number of nitrogens with one attached hydrogen (secondary N) is 1. The number of hydrogen-bond donors (Lipinski definition) is 2. The van der Waals surface area contributed by atoms with Crippen molar-refractivity contribution < 1.29 is 19.3 Å². The van der Waals surface area contributed by atoms with Crippen LogP contribution in [-0.4, -0.2) is 15.1 Å². The fraction of sp³-hybridized carbons (Fsp3) is 0.143. The predicted octanol–water partition coefficient (Wildman–Crippen LogP) is 4.66. The van der Waals surface area contributed by atoms with Gasteiger partial charge in [0.25, 0.3) is 0 Å². The molecule has 7 nitrogen and oxygen atoms in total. The zero-order valence-electron chi connectivity index (χ0n) is 15.0. The minimum atomic E-state index is 0.162. The first-order valence-electron chi connectivity index (χ1n) is 8.88. The lowest BCUT2D eigenvalue weighted by molar-refractivity contribution is 0.113. The number of aromatic hydroxyl groups is 1. The molecule has 2 heterocycles. The van der Waals surface area contributed by atoms with Gasteiger partial charge in [-0.15, -0.1) is 0 Å². The van der Waals surface area contributed by atoms with Crippen molar-refractivity contribution in [1.29, 1.82) is 0 Å². The maximum Gasteiger partial charge on any atom is 0.327 e. The molecule has 0 radical (unpaired) electrons. The molecule has 142 valence electrons. The zero-order chi connectivity index (χ0) is 19.2. The maximum absolute atomic E-state index is 9.50. The van der Waals surface area contributed by atoms with Crippen LogP contribution in [0.4, 0.5) is 11.6 Å². The fourth-order valence-electron chi connectivity index (χ4n) is 2.75. The number of ether oxygens (including phenoxy) is 3. The van der Waals surface area contributed by atoms with E-state index in [4.69, 9.17) is 14.2 Å². The topological polar surface area (TPSA) is 85.7 Å². The van der Waals surface area contributed by atoms with Gasteiger partial charge in [0.2, 0.25) is 5.95 Å². The van der Waals surface area contributed by atoms with Crippen molar-refractivity contribution >= 4 is 11.6 Å². The number of aromatic nitrogens is 2. The lowest BCUT2D eigenvalue weighted by Crippen LogP contribution is -2.07. The van der Waals surface area contributed by atoms with Gasteiger partial charge in [0, 0.05) is 18.2 Å². The molecular weight excluding hydrogens is 358 g/mol. The van der Waals surface area contributed by atoms with E-state index >= 15 is 0 Å². The number of anilines is 2. The third-order valence-electron chi connectivity index (χ3n) is 4.05. The van der Waals surface area contributed by atoms with E-state index in [0.29, 0.717) is 29.6 Å². The summed E-state index contributed by atoms with van der Waals surface area (Å²) in [6.07, 6.45) is 15.0. The van der Waals surface area contributed by atoms with Crippen LogP contribution in [0.3, 0.4) is 0 Å². The molecule has 1 aliphatic heterocycles. The molecule has 0 unspecified atom stereocenters. The molecule has 28 heavy (non-hydrogen) atoms. The van der Waals surface area contributed by atoms with Crippen LogP contribution < -0.4 is 10.1 Å². The first-order chi connectivity index (χ1) is 13.7. The Morgan fingerprint density at radius 1 is 1.18 bits per heavy atom. The van der Waals surface area contributed by atoms with Crippen LogP contribution in [0.5, 0.6) is 11.5 Å². The zero-order valence-corrected chi connectivity index (χ0v) is 15.0. The van der Waals surface area contributed by atoms with E-state index in [2.05, 4.69) is 33.5 Å². The Bertz CT molecular complexity index is 962. The summed E-state index contributed by atoms with van der Waals surface area (Å²) in [5.41, 5.74) is 1.96. The molecule has 4 rings (SSSR count). The van der Waals surface area contributed by atoms with Crippen molar-refractivity contribution in [3.63, 3.8) is 0 Å². The molecule has 0 saturated heterocycles. The van der Waals surface area contributed by atoms with Gasteiger partial charge in [-0.3, -0.25) is 0 Å². The van der Waals surface area contributed by atoms with Gasteiger partial charge in [-0.1, -0.05) is 29.9 Å². The average molecular weight is 377 g/mol. The van der Waals surface area contributed by atoms with E-state index < -0.39 is 0 Å². The Morgan fingerprint density at radius 2 is 2.07 bits per heavy atom. The van der Waals surface area contributed by atoms with E-state index in [9.17, 15) is 5.11 Å². The molecule has 1 aromatic carbocycles. The van der Waals surface area contributed by atoms with Gasteiger partial charge in [-0.2, -0.15) is 0 Å². The SMILES string of the molecule is Oc1cccc(Nc2ncc(OC3=COC=C(CC4=CC=CCC4)O3)cn2)c1. The van der Waals surface area contributed by atoms with Crippen LogP contribution >= 0.6 is 0 Å². The summed E-state index contributed by atoms with van der Waals surface area (Å²) in [5.74, 6) is 1.86. The Morgan fingerprint density at radius 3 is 2.86 bits per heavy atom. The lowest BCUT2D eigenvalue weighted by atomic mass is 10.0. The Kier molecular flexibility index (Phi) is 5.24. The van der Waals surface area contributed by atoms with Crippen molar-refractivity contribution in [2.45, 2.75) is 19.3 Å². The van der Waals surface area contributed by atoms with Crippen molar-refractivity contribution in [2.75, 3.05) is 5.32 Å². The number of hydrogen-bond acceptors (Lipinski definition) is 7. The summed E-state index contributed by atoms with van der Waals surface area (Å²) < 4.78 is 16.7. The summed E-state index contributed by atoms with van der Waals surface area (Å²) >= 11 is 0. The van der Waals surface area contributed by atoms with Crippen LogP contribution in [0.15, 0.2) is 84.7 Å². The normalized spacial score (nSPS) is 15.5. The quantitative estimate of drug-likeness (QED) is 0.757. The van der Waals surface area contributed by atoms with Crippen molar-refractivity contribution in [3.05, 3.63) is 84.7 Å². The number of phenols is 1. The van der Waals surface area contributed by atoms with Gasteiger partial charge in [0.05, 0.1) is 12.4 Å². The monoisotopic (exact) mass is 377 g/mol. The summed E-state index contributed by atoms with van der Waals surface area (Å²) in [6, 6.07) is 6.70. The van der Waals surface area contributed by atoms with E-state index in [1.807, 2.05) is 0 Å². The highest BCUT2D eigenvalue weighted by molar-refractivity contribution is 5.55. The summed E-state index contributed by atoms with van der Waals surface area (Å²) in [4.78, 5) is 8.40. The number of benzene rings is 1. The molecule has 2 N–H and O–H groups in total. The number of allylic oxidation sites excluding steroid dienone is 4. The van der Waals surface area contributed by atoms with Crippen LogP contribution in [-0.2, 0) is 9.47 Å². The van der Waals surface area contributed by atoms with E-state index in [0.717, 1.165) is 12.8 Å². The summed E-state index contributed by atoms with van der Waals surface area (Å²) in [5, 5.41) is 12.5. The van der Waals surface area contributed by atoms with Crippen molar-refractivity contribution in [3.8, 4) is 11.5 Å². The van der Waals surface area contributed by atoms with E-state index in [1.54, 1.807) is 30.5 Å². The number of nitrogens with zero attached hydrogens (tertiary/aromatic N) is 2. The molecule has 0 atom stereocenters. The highest BCUT2D eigenvalue weighted by Gasteiger charge is 2.15. The largest absolute Gasteiger partial charge is 0.508 e. The van der Waals surface area contributed by atoms with Crippen LogP contribution in [0.2, 0.25) is 0 Å². The third kappa shape index (κ3) is 4.70. The molecule has 7 heteroatoms.